The van der Waals surface area contributed by atoms with E-state index in [0.717, 1.165) is 0 Å². The van der Waals surface area contributed by atoms with Crippen LogP contribution in [0.2, 0.25) is 13.1 Å². The Morgan fingerprint density at radius 1 is 0.426 bits per heavy atom. The van der Waals surface area contributed by atoms with E-state index in [1.54, 1.807) is 5.19 Å². The standard InChI is InChI=1S/C44H31NSSi/c1-47(2)41-25-24-37-36-18-10-11-19-40(36)46-44(37)43(41)38-23-21-30(27-42(38)47)45(28-12-4-3-5-13-28)29-20-22-35-33-16-7-6-14-31(33)32-15-8-9-17-34(32)39(35)26-29/h3-27H,1-2H3. The summed E-state index contributed by atoms with van der Waals surface area (Å²) >= 11 is 1.95. The summed E-state index contributed by atoms with van der Waals surface area (Å²) in [5.74, 6) is 0. The van der Waals surface area contributed by atoms with Gasteiger partial charge in [-0.15, -0.1) is 11.3 Å². The van der Waals surface area contributed by atoms with Gasteiger partial charge in [0.05, 0.1) is 0 Å². The number of hydrogen-bond acceptors (Lipinski definition) is 2. The van der Waals surface area contributed by atoms with Crippen molar-refractivity contribution in [3.63, 3.8) is 0 Å². The second-order valence-corrected chi connectivity index (χ2v) is 18.7. The van der Waals surface area contributed by atoms with E-state index >= 15 is 0 Å². The molecule has 0 saturated heterocycles. The number of para-hydroxylation sites is 1. The molecule has 1 aromatic heterocycles. The molecule has 3 heteroatoms. The molecule has 0 fully saturated rings. The minimum absolute atomic E-state index is 1.17. The van der Waals surface area contributed by atoms with Crippen LogP contribution in [0.5, 0.6) is 0 Å². The van der Waals surface area contributed by atoms with Crippen LogP contribution in [0.4, 0.5) is 17.1 Å². The highest BCUT2D eigenvalue weighted by Gasteiger charge is 2.39. The normalized spacial score (nSPS) is 13.5. The minimum atomic E-state index is -1.96. The molecule has 222 valence electrons. The van der Waals surface area contributed by atoms with Gasteiger partial charge in [0.25, 0.3) is 0 Å². The molecule has 1 aliphatic rings. The zero-order valence-corrected chi connectivity index (χ0v) is 28.1. The van der Waals surface area contributed by atoms with E-state index < -0.39 is 8.07 Å². The molecular formula is C44H31NSSi. The maximum absolute atomic E-state index is 2.53. The molecular weight excluding hydrogens is 603 g/mol. The van der Waals surface area contributed by atoms with Crippen LogP contribution >= 0.6 is 11.3 Å². The van der Waals surface area contributed by atoms with Gasteiger partial charge in [-0.3, -0.25) is 0 Å². The molecule has 0 N–H and O–H groups in total. The van der Waals surface area contributed by atoms with Crippen LogP contribution in [-0.2, 0) is 0 Å². The van der Waals surface area contributed by atoms with Crippen molar-refractivity contribution in [3.8, 4) is 11.1 Å². The average Bonchev–Trinajstić information content (AvgIpc) is 3.61. The van der Waals surface area contributed by atoms with E-state index in [2.05, 4.69) is 170 Å². The number of benzene rings is 8. The smallest absolute Gasteiger partial charge is 0.114 e. The van der Waals surface area contributed by atoms with Gasteiger partial charge in [-0.2, -0.15) is 0 Å². The zero-order valence-electron chi connectivity index (χ0n) is 26.3. The Bertz CT molecular complexity index is 2690. The van der Waals surface area contributed by atoms with E-state index in [1.807, 2.05) is 11.3 Å². The molecule has 0 bridgehead atoms. The first kappa shape index (κ1) is 26.9. The highest BCUT2D eigenvalue weighted by Crippen LogP contribution is 2.45. The van der Waals surface area contributed by atoms with Crippen molar-refractivity contribution >= 4 is 99.3 Å². The van der Waals surface area contributed by atoms with E-state index in [0.29, 0.717) is 0 Å². The van der Waals surface area contributed by atoms with E-state index in [9.17, 15) is 0 Å². The van der Waals surface area contributed by atoms with Crippen LogP contribution < -0.4 is 15.3 Å². The molecule has 0 amide bonds. The quantitative estimate of drug-likeness (QED) is 0.138. The predicted octanol–water partition coefficient (Wildman–Crippen LogP) is 11.8. The Morgan fingerprint density at radius 2 is 0.979 bits per heavy atom. The Labute approximate surface area is 279 Å². The Hall–Kier alpha value is -5.22. The second kappa shape index (κ2) is 9.89. The molecule has 0 spiro atoms. The molecule has 9 aromatic rings. The van der Waals surface area contributed by atoms with Gasteiger partial charge in [0.15, 0.2) is 0 Å². The van der Waals surface area contributed by atoms with Crippen molar-refractivity contribution in [2.24, 2.45) is 0 Å². The largest absolute Gasteiger partial charge is 0.310 e. The van der Waals surface area contributed by atoms with Gasteiger partial charge in [-0.25, -0.2) is 0 Å². The van der Waals surface area contributed by atoms with Crippen molar-refractivity contribution in [2.75, 3.05) is 4.90 Å². The van der Waals surface area contributed by atoms with Crippen LogP contribution in [0.25, 0.3) is 63.6 Å². The second-order valence-electron chi connectivity index (χ2n) is 13.3. The molecule has 47 heavy (non-hydrogen) atoms. The van der Waals surface area contributed by atoms with Gasteiger partial charge in [-0.05, 0) is 96.3 Å². The lowest BCUT2D eigenvalue weighted by molar-refractivity contribution is 1.29. The summed E-state index contributed by atoms with van der Waals surface area (Å²) in [6, 6.07) is 56.5. The molecule has 2 heterocycles. The van der Waals surface area contributed by atoms with Crippen molar-refractivity contribution in [1.29, 1.82) is 0 Å². The molecule has 1 nitrogen and oxygen atoms in total. The maximum atomic E-state index is 2.53. The first-order valence-corrected chi connectivity index (χ1v) is 20.2. The van der Waals surface area contributed by atoms with Crippen LogP contribution in [0.3, 0.4) is 0 Å². The monoisotopic (exact) mass is 633 g/mol. The molecule has 0 unspecified atom stereocenters. The van der Waals surface area contributed by atoms with Gasteiger partial charge >= 0.3 is 0 Å². The first-order valence-electron chi connectivity index (χ1n) is 16.4. The van der Waals surface area contributed by atoms with Gasteiger partial charge in [0.1, 0.15) is 8.07 Å². The van der Waals surface area contributed by atoms with Crippen molar-refractivity contribution in [3.05, 3.63) is 152 Å². The summed E-state index contributed by atoms with van der Waals surface area (Å²) in [6.45, 7) is 5.06. The third-order valence-electron chi connectivity index (χ3n) is 10.4. The maximum Gasteiger partial charge on any atom is 0.114 e. The minimum Gasteiger partial charge on any atom is -0.310 e. The third kappa shape index (κ3) is 3.81. The molecule has 10 rings (SSSR count). The Kier molecular flexibility index (Phi) is 5.67. The highest BCUT2D eigenvalue weighted by molar-refractivity contribution is 7.26. The summed E-state index contributed by atoms with van der Waals surface area (Å²) in [5, 5.41) is 13.6. The van der Waals surface area contributed by atoms with Crippen molar-refractivity contribution < 1.29 is 0 Å². The van der Waals surface area contributed by atoms with Crippen LogP contribution in [0.15, 0.2) is 152 Å². The lowest BCUT2D eigenvalue weighted by Crippen LogP contribution is -2.49. The summed E-state index contributed by atoms with van der Waals surface area (Å²) in [7, 11) is -1.96. The van der Waals surface area contributed by atoms with Crippen molar-refractivity contribution in [1.82, 2.24) is 0 Å². The molecule has 8 aromatic carbocycles. The molecule has 0 saturated carbocycles. The number of rotatable bonds is 3. The van der Waals surface area contributed by atoms with Crippen LogP contribution in [-0.4, -0.2) is 8.07 Å². The van der Waals surface area contributed by atoms with Crippen molar-refractivity contribution in [2.45, 2.75) is 13.1 Å². The molecule has 0 aliphatic carbocycles. The highest BCUT2D eigenvalue weighted by atomic mass is 32.1. The topological polar surface area (TPSA) is 3.24 Å². The van der Waals surface area contributed by atoms with Gasteiger partial charge in [0, 0.05) is 37.2 Å². The molecule has 0 atom stereocenters. The summed E-state index contributed by atoms with van der Waals surface area (Å²) in [5.41, 5.74) is 6.43. The number of nitrogens with zero attached hydrogens (tertiary/aromatic N) is 1. The SMILES string of the molecule is C[Si]1(C)c2cc(N(c3ccccc3)c3ccc4c5ccccc5c5ccccc5c4c3)ccc2-c2c1ccc1c2sc2ccccc21. The number of fused-ring (bicyclic) bond motifs is 13. The van der Waals surface area contributed by atoms with E-state index in [-0.39, 0.29) is 0 Å². The fraction of sp³-hybridized carbons (Fsp3) is 0.0455. The fourth-order valence-corrected chi connectivity index (χ4v) is 12.6. The lowest BCUT2D eigenvalue weighted by atomic mass is 9.94. The Morgan fingerprint density at radius 3 is 1.70 bits per heavy atom. The van der Waals surface area contributed by atoms with Crippen LogP contribution in [0, 0.1) is 0 Å². The Balaban J connectivity index is 1.21. The lowest BCUT2D eigenvalue weighted by Gasteiger charge is -2.28. The molecule has 1 aliphatic heterocycles. The van der Waals surface area contributed by atoms with E-state index in [4.69, 9.17) is 0 Å². The molecule has 0 radical (unpaired) electrons. The average molecular weight is 634 g/mol. The summed E-state index contributed by atoms with van der Waals surface area (Å²) < 4.78 is 2.80. The van der Waals surface area contributed by atoms with Crippen LogP contribution in [0.1, 0.15) is 0 Å². The fourth-order valence-electron chi connectivity index (χ4n) is 8.19. The summed E-state index contributed by atoms with van der Waals surface area (Å²) in [4.78, 5) is 2.45. The number of thiophene rings is 1. The number of hydrogen-bond donors (Lipinski definition) is 0. The first-order chi connectivity index (χ1) is 23.1. The van der Waals surface area contributed by atoms with Gasteiger partial charge in [-0.1, -0.05) is 122 Å². The zero-order chi connectivity index (χ0) is 31.3. The number of anilines is 3. The van der Waals surface area contributed by atoms with Gasteiger partial charge < -0.3 is 4.90 Å². The third-order valence-corrected chi connectivity index (χ3v) is 15.2. The van der Waals surface area contributed by atoms with E-state index in [1.165, 1.54) is 85.9 Å². The summed E-state index contributed by atoms with van der Waals surface area (Å²) in [6.07, 6.45) is 0. The van der Waals surface area contributed by atoms with Gasteiger partial charge in [0.2, 0.25) is 0 Å². The predicted molar refractivity (Wildman–Crippen MR) is 209 cm³/mol.